The molecule has 0 bridgehead atoms. The van der Waals surface area contributed by atoms with Crippen molar-refractivity contribution in [1.29, 1.82) is 0 Å². The van der Waals surface area contributed by atoms with E-state index in [-0.39, 0.29) is 0 Å². The van der Waals surface area contributed by atoms with Crippen molar-refractivity contribution >= 4 is 5.95 Å². The Labute approximate surface area is 103 Å². The molecule has 0 radical (unpaired) electrons. The molecule has 1 aromatic heterocycles. The third-order valence-corrected chi connectivity index (χ3v) is 3.46. The van der Waals surface area contributed by atoms with Gasteiger partial charge < -0.3 is 14.7 Å². The largest absolute Gasteiger partial charge is 0.339 e. The minimum atomic E-state index is 0.486. The lowest BCUT2D eigenvalue weighted by Gasteiger charge is -2.14. The van der Waals surface area contributed by atoms with Crippen LogP contribution in [0.25, 0.3) is 0 Å². The molecule has 1 N–H and O–H groups in total. The quantitative estimate of drug-likeness (QED) is 0.779. The van der Waals surface area contributed by atoms with Gasteiger partial charge in [0.05, 0.1) is 0 Å². The lowest BCUT2D eigenvalue weighted by atomic mass is 10.1. The fourth-order valence-corrected chi connectivity index (χ4v) is 2.15. The first-order valence-electron chi connectivity index (χ1n) is 6.53. The van der Waals surface area contributed by atoms with E-state index in [1.807, 2.05) is 7.05 Å². The molecule has 1 fully saturated rings. The molecule has 1 aromatic rings. The van der Waals surface area contributed by atoms with Crippen LogP contribution in [0.5, 0.6) is 0 Å². The lowest BCUT2D eigenvalue weighted by Crippen LogP contribution is -2.29. The van der Waals surface area contributed by atoms with Crippen molar-refractivity contribution in [1.82, 2.24) is 15.5 Å². The van der Waals surface area contributed by atoms with Gasteiger partial charge in [-0.25, -0.2) is 0 Å². The second kappa shape index (κ2) is 5.49. The van der Waals surface area contributed by atoms with Crippen LogP contribution < -0.4 is 10.2 Å². The van der Waals surface area contributed by atoms with Crippen molar-refractivity contribution in [2.24, 2.45) is 5.92 Å². The van der Waals surface area contributed by atoms with Crippen LogP contribution in [0.4, 0.5) is 5.95 Å². The molecule has 5 heteroatoms. The van der Waals surface area contributed by atoms with Gasteiger partial charge >= 0.3 is 0 Å². The van der Waals surface area contributed by atoms with Gasteiger partial charge in [-0.15, -0.1) is 0 Å². The van der Waals surface area contributed by atoms with Gasteiger partial charge in [0, 0.05) is 25.6 Å². The molecule has 96 valence electrons. The monoisotopic (exact) mass is 238 g/mol. The van der Waals surface area contributed by atoms with Gasteiger partial charge in [0.15, 0.2) is 0 Å². The smallest absolute Gasteiger partial charge is 0.266 e. The minimum absolute atomic E-state index is 0.486. The van der Waals surface area contributed by atoms with Gasteiger partial charge in [0.25, 0.3) is 5.95 Å². The Hall–Kier alpha value is -1.10. The van der Waals surface area contributed by atoms with Crippen molar-refractivity contribution in [2.45, 2.75) is 39.2 Å². The van der Waals surface area contributed by atoms with Crippen LogP contribution in [0.2, 0.25) is 0 Å². The summed E-state index contributed by atoms with van der Waals surface area (Å²) in [6, 6.07) is 0.486. The molecule has 1 unspecified atom stereocenters. The predicted molar refractivity (Wildman–Crippen MR) is 67.1 cm³/mol. The normalized spacial score (nSPS) is 17.1. The zero-order valence-corrected chi connectivity index (χ0v) is 10.9. The Balaban J connectivity index is 1.97. The Kier molecular flexibility index (Phi) is 3.99. The molecule has 1 atom stereocenters. The van der Waals surface area contributed by atoms with Crippen LogP contribution in [-0.2, 0) is 6.42 Å². The highest BCUT2D eigenvalue weighted by Crippen LogP contribution is 2.33. The Bertz CT molecular complexity index is 344. The number of aromatic nitrogens is 2. The van der Waals surface area contributed by atoms with Gasteiger partial charge in [0.1, 0.15) is 0 Å². The van der Waals surface area contributed by atoms with Crippen molar-refractivity contribution in [3.8, 4) is 0 Å². The van der Waals surface area contributed by atoms with Gasteiger partial charge in [-0.05, 0) is 44.8 Å². The number of likely N-dealkylation sites (N-methyl/N-ethyl adjacent to an activating group) is 1. The summed E-state index contributed by atoms with van der Waals surface area (Å²) in [6.45, 7) is 6.02. The molecule has 1 saturated carbocycles. The zero-order valence-electron chi connectivity index (χ0n) is 10.9. The summed E-state index contributed by atoms with van der Waals surface area (Å²) < 4.78 is 5.32. The van der Waals surface area contributed by atoms with Crippen LogP contribution in [0.1, 0.15) is 32.6 Å². The summed E-state index contributed by atoms with van der Waals surface area (Å²) in [5, 5.41) is 7.37. The molecular weight excluding hydrogens is 216 g/mol. The number of nitrogens with zero attached hydrogens (tertiary/aromatic N) is 3. The summed E-state index contributed by atoms with van der Waals surface area (Å²) in [5.74, 6) is 2.26. The van der Waals surface area contributed by atoms with E-state index in [1.54, 1.807) is 0 Å². The van der Waals surface area contributed by atoms with Gasteiger partial charge in [-0.1, -0.05) is 0 Å². The van der Waals surface area contributed by atoms with Crippen LogP contribution in [0.3, 0.4) is 0 Å². The van der Waals surface area contributed by atoms with Gasteiger partial charge in [0.2, 0.25) is 5.89 Å². The van der Waals surface area contributed by atoms with E-state index in [0.717, 1.165) is 37.3 Å². The molecule has 0 aliphatic heterocycles. The lowest BCUT2D eigenvalue weighted by molar-refractivity contribution is 0.351. The highest BCUT2D eigenvalue weighted by atomic mass is 16.5. The molecule has 0 aromatic carbocycles. The van der Waals surface area contributed by atoms with Crippen molar-refractivity contribution in [3.63, 3.8) is 0 Å². The Morgan fingerprint density at radius 2 is 2.12 bits per heavy atom. The summed E-state index contributed by atoms with van der Waals surface area (Å²) in [6.07, 6.45) is 3.49. The van der Waals surface area contributed by atoms with E-state index >= 15 is 0 Å². The second-order valence-corrected chi connectivity index (χ2v) is 4.60. The maximum absolute atomic E-state index is 5.32. The molecule has 17 heavy (non-hydrogen) atoms. The SMILES string of the molecule is CCN(CC)c1noc(CC(NC)C2CC2)n1. The third kappa shape index (κ3) is 2.97. The maximum Gasteiger partial charge on any atom is 0.266 e. The molecule has 2 rings (SSSR count). The van der Waals surface area contributed by atoms with E-state index in [2.05, 4.69) is 34.2 Å². The average Bonchev–Trinajstić information content (AvgIpc) is 3.09. The number of anilines is 1. The molecule has 1 aliphatic carbocycles. The van der Waals surface area contributed by atoms with E-state index in [0.29, 0.717) is 6.04 Å². The topological polar surface area (TPSA) is 54.2 Å². The first kappa shape index (κ1) is 12.4. The van der Waals surface area contributed by atoms with Gasteiger partial charge in [-0.2, -0.15) is 4.98 Å². The van der Waals surface area contributed by atoms with Crippen molar-refractivity contribution in [3.05, 3.63) is 5.89 Å². The van der Waals surface area contributed by atoms with E-state index in [4.69, 9.17) is 4.52 Å². The fourth-order valence-electron chi connectivity index (χ4n) is 2.15. The second-order valence-electron chi connectivity index (χ2n) is 4.60. The molecule has 0 amide bonds. The first-order valence-corrected chi connectivity index (χ1v) is 6.53. The highest BCUT2D eigenvalue weighted by molar-refractivity contribution is 5.26. The summed E-state index contributed by atoms with van der Waals surface area (Å²) in [5.41, 5.74) is 0. The molecule has 1 aliphatic rings. The average molecular weight is 238 g/mol. The maximum atomic E-state index is 5.32. The standard InChI is InChI=1S/C12H22N4O/c1-4-16(5-2)12-14-11(17-15-12)8-10(13-3)9-6-7-9/h9-10,13H,4-8H2,1-3H3. The Morgan fingerprint density at radius 3 is 2.65 bits per heavy atom. The molecular formula is C12H22N4O. The number of nitrogens with one attached hydrogen (secondary N) is 1. The fraction of sp³-hybridized carbons (Fsp3) is 0.833. The summed E-state index contributed by atoms with van der Waals surface area (Å²) in [7, 11) is 2.00. The van der Waals surface area contributed by atoms with E-state index in [9.17, 15) is 0 Å². The number of hydrogen-bond donors (Lipinski definition) is 1. The van der Waals surface area contributed by atoms with Crippen LogP contribution in [0, 0.1) is 5.92 Å². The minimum Gasteiger partial charge on any atom is -0.339 e. The van der Waals surface area contributed by atoms with Crippen molar-refractivity contribution < 1.29 is 4.52 Å². The molecule has 0 saturated heterocycles. The van der Waals surface area contributed by atoms with Crippen LogP contribution in [0.15, 0.2) is 4.52 Å². The van der Waals surface area contributed by atoms with Crippen LogP contribution >= 0.6 is 0 Å². The van der Waals surface area contributed by atoms with Crippen LogP contribution in [-0.4, -0.2) is 36.3 Å². The number of rotatable bonds is 7. The number of hydrogen-bond acceptors (Lipinski definition) is 5. The third-order valence-electron chi connectivity index (χ3n) is 3.46. The predicted octanol–water partition coefficient (Wildman–Crippen LogP) is 1.46. The van der Waals surface area contributed by atoms with Crippen molar-refractivity contribution in [2.75, 3.05) is 25.0 Å². The molecule has 1 heterocycles. The highest BCUT2D eigenvalue weighted by Gasteiger charge is 2.31. The summed E-state index contributed by atoms with van der Waals surface area (Å²) >= 11 is 0. The zero-order chi connectivity index (χ0) is 12.3. The molecule has 0 spiro atoms. The first-order chi connectivity index (χ1) is 8.28. The van der Waals surface area contributed by atoms with E-state index < -0.39 is 0 Å². The molecule has 5 nitrogen and oxygen atoms in total. The Morgan fingerprint density at radius 1 is 1.41 bits per heavy atom. The van der Waals surface area contributed by atoms with Gasteiger partial charge in [-0.3, -0.25) is 0 Å². The van der Waals surface area contributed by atoms with E-state index in [1.165, 1.54) is 12.8 Å². The summed E-state index contributed by atoms with van der Waals surface area (Å²) in [4.78, 5) is 6.55.